The lowest BCUT2D eigenvalue weighted by atomic mass is 10.3. The fourth-order valence-electron chi connectivity index (χ4n) is 2.50. The molecule has 0 saturated carbocycles. The van der Waals surface area contributed by atoms with Crippen molar-refractivity contribution in [2.45, 2.75) is 12.8 Å². The predicted octanol–water partition coefficient (Wildman–Crippen LogP) is 0.574. The molecule has 2 N–H and O–H groups in total. The van der Waals surface area contributed by atoms with Crippen LogP contribution in [0.4, 0.5) is 5.82 Å². The van der Waals surface area contributed by atoms with E-state index in [0.717, 1.165) is 18.9 Å². The molecule has 1 saturated heterocycles. The fraction of sp³-hybridized carbons (Fsp3) is 0.375. The van der Waals surface area contributed by atoms with Gasteiger partial charge in [0.2, 0.25) is 11.4 Å². The average Bonchev–Trinajstić information content (AvgIpc) is 3.14. The molecule has 2 aromatic rings. The minimum Gasteiger partial charge on any atom is -0.476 e. The first-order chi connectivity index (χ1) is 11.7. The lowest BCUT2D eigenvalue weighted by molar-refractivity contribution is 0.0946. The lowest BCUT2D eigenvalue weighted by Crippen LogP contribution is -2.28. The molecule has 1 fully saturated rings. The third kappa shape index (κ3) is 4.09. The van der Waals surface area contributed by atoms with Gasteiger partial charge in [-0.3, -0.25) is 9.59 Å². The van der Waals surface area contributed by atoms with Crippen molar-refractivity contribution in [3.05, 3.63) is 46.6 Å². The highest BCUT2D eigenvalue weighted by Crippen LogP contribution is 2.20. The highest BCUT2D eigenvalue weighted by molar-refractivity contribution is 5.93. The molecule has 3 rings (SSSR count). The Balaban J connectivity index is 1.46. The van der Waals surface area contributed by atoms with Gasteiger partial charge in [0.05, 0.1) is 12.1 Å². The Morgan fingerprint density at radius 3 is 2.88 bits per heavy atom. The van der Waals surface area contributed by atoms with Crippen molar-refractivity contribution in [2.24, 2.45) is 0 Å². The number of hydrogen-bond acceptors (Lipinski definition) is 6. The molecule has 3 heterocycles. The topological polar surface area (TPSA) is 100 Å². The summed E-state index contributed by atoms with van der Waals surface area (Å²) >= 11 is 0. The summed E-state index contributed by atoms with van der Waals surface area (Å²) in [6, 6.07) is 4.60. The van der Waals surface area contributed by atoms with Crippen LogP contribution in [0.5, 0.6) is 5.88 Å². The molecule has 1 aliphatic heterocycles. The zero-order valence-electron chi connectivity index (χ0n) is 13.2. The molecule has 1 amide bonds. The summed E-state index contributed by atoms with van der Waals surface area (Å²) in [7, 11) is 0. The van der Waals surface area contributed by atoms with Gasteiger partial charge in [0.15, 0.2) is 0 Å². The van der Waals surface area contributed by atoms with E-state index in [-0.39, 0.29) is 11.5 Å². The summed E-state index contributed by atoms with van der Waals surface area (Å²) in [5.74, 6) is 1.09. The van der Waals surface area contributed by atoms with Gasteiger partial charge in [-0.2, -0.15) is 0 Å². The number of anilines is 1. The molecule has 0 unspecified atom stereocenters. The first kappa shape index (κ1) is 16.0. The van der Waals surface area contributed by atoms with E-state index in [1.165, 1.54) is 37.5 Å². The number of amides is 1. The number of carbonyl (C=O) groups is 1. The molecular weight excluding hydrogens is 310 g/mol. The monoisotopic (exact) mass is 329 g/mol. The smallest absolute Gasteiger partial charge is 0.252 e. The van der Waals surface area contributed by atoms with Gasteiger partial charge in [0, 0.05) is 31.4 Å². The molecule has 8 heteroatoms. The Labute approximate surface area is 138 Å². The molecular formula is C16H19N5O3. The van der Waals surface area contributed by atoms with E-state index < -0.39 is 0 Å². The summed E-state index contributed by atoms with van der Waals surface area (Å²) in [5, 5.41) is 2.72. The number of rotatable bonds is 6. The van der Waals surface area contributed by atoms with Gasteiger partial charge < -0.3 is 19.9 Å². The van der Waals surface area contributed by atoms with E-state index in [2.05, 4.69) is 25.2 Å². The number of carbonyl (C=O) groups excluding carboxylic acids is 1. The Hall–Kier alpha value is -2.90. The molecule has 0 bridgehead atoms. The SMILES string of the molecule is O=C(NCCOc1cc(N2CCCC2)ncn1)c1ccc(=O)[nH]c1. The van der Waals surface area contributed by atoms with Gasteiger partial charge in [-0.05, 0) is 18.9 Å². The van der Waals surface area contributed by atoms with E-state index in [0.29, 0.717) is 24.6 Å². The first-order valence-electron chi connectivity index (χ1n) is 7.89. The van der Waals surface area contributed by atoms with Crippen molar-refractivity contribution < 1.29 is 9.53 Å². The van der Waals surface area contributed by atoms with Gasteiger partial charge in [-0.1, -0.05) is 0 Å². The first-order valence-corrected chi connectivity index (χ1v) is 7.89. The Morgan fingerprint density at radius 1 is 1.29 bits per heavy atom. The van der Waals surface area contributed by atoms with Crippen molar-refractivity contribution in [3.63, 3.8) is 0 Å². The number of nitrogens with zero attached hydrogens (tertiary/aromatic N) is 3. The second kappa shape index (κ2) is 7.58. The Kier molecular flexibility index (Phi) is 5.05. The maximum absolute atomic E-state index is 11.9. The van der Waals surface area contributed by atoms with Gasteiger partial charge >= 0.3 is 0 Å². The van der Waals surface area contributed by atoms with E-state index in [1.54, 1.807) is 0 Å². The molecule has 24 heavy (non-hydrogen) atoms. The summed E-state index contributed by atoms with van der Waals surface area (Å²) in [6.45, 7) is 2.64. The quantitative estimate of drug-likeness (QED) is 0.752. The minimum atomic E-state index is -0.268. The van der Waals surface area contributed by atoms with Crippen LogP contribution in [0.2, 0.25) is 0 Å². The average molecular weight is 329 g/mol. The number of H-pyrrole nitrogens is 1. The molecule has 0 aliphatic carbocycles. The van der Waals surface area contributed by atoms with Crippen LogP contribution in [-0.2, 0) is 0 Å². The predicted molar refractivity (Wildman–Crippen MR) is 88.4 cm³/mol. The van der Waals surface area contributed by atoms with Gasteiger partial charge in [0.1, 0.15) is 18.8 Å². The number of nitrogens with one attached hydrogen (secondary N) is 2. The Morgan fingerprint density at radius 2 is 2.12 bits per heavy atom. The fourth-order valence-corrected chi connectivity index (χ4v) is 2.50. The van der Waals surface area contributed by atoms with E-state index >= 15 is 0 Å². The van der Waals surface area contributed by atoms with E-state index in [4.69, 9.17) is 4.74 Å². The highest BCUT2D eigenvalue weighted by atomic mass is 16.5. The summed E-state index contributed by atoms with van der Waals surface area (Å²) in [5.41, 5.74) is 0.153. The van der Waals surface area contributed by atoms with Gasteiger partial charge in [-0.15, -0.1) is 0 Å². The van der Waals surface area contributed by atoms with Crippen molar-refractivity contribution in [2.75, 3.05) is 31.1 Å². The van der Waals surface area contributed by atoms with Crippen LogP contribution in [0.3, 0.4) is 0 Å². The van der Waals surface area contributed by atoms with E-state index in [1.807, 2.05) is 6.07 Å². The molecule has 0 aromatic carbocycles. The standard InChI is InChI=1S/C16H19N5O3/c22-14-4-3-12(10-18-14)16(23)17-5-8-24-15-9-13(19-11-20-15)21-6-1-2-7-21/h3-4,9-11H,1-2,5-8H2,(H,17,23)(H,18,22). The highest BCUT2D eigenvalue weighted by Gasteiger charge is 2.14. The minimum absolute atomic E-state index is 0.243. The molecule has 2 aromatic heterocycles. The van der Waals surface area contributed by atoms with Crippen LogP contribution >= 0.6 is 0 Å². The van der Waals surface area contributed by atoms with Crippen LogP contribution in [0, 0.1) is 0 Å². The van der Waals surface area contributed by atoms with Crippen LogP contribution in [0.15, 0.2) is 35.5 Å². The van der Waals surface area contributed by atoms with Crippen LogP contribution < -0.4 is 20.5 Å². The van der Waals surface area contributed by atoms with E-state index in [9.17, 15) is 9.59 Å². The van der Waals surface area contributed by atoms with Crippen molar-refractivity contribution in [1.82, 2.24) is 20.3 Å². The number of aromatic amines is 1. The van der Waals surface area contributed by atoms with Gasteiger partial charge in [-0.25, -0.2) is 9.97 Å². The lowest BCUT2D eigenvalue weighted by Gasteiger charge is -2.16. The van der Waals surface area contributed by atoms with Crippen molar-refractivity contribution >= 4 is 11.7 Å². The molecule has 126 valence electrons. The molecule has 1 aliphatic rings. The molecule has 0 atom stereocenters. The largest absolute Gasteiger partial charge is 0.476 e. The molecule has 8 nitrogen and oxygen atoms in total. The van der Waals surface area contributed by atoms with Crippen LogP contribution in [0.25, 0.3) is 0 Å². The number of hydrogen-bond donors (Lipinski definition) is 2. The zero-order chi connectivity index (χ0) is 16.8. The Bertz CT molecular complexity index is 735. The second-order valence-electron chi connectivity index (χ2n) is 5.45. The normalized spacial score (nSPS) is 13.8. The molecule has 0 radical (unpaired) electrons. The number of pyridine rings is 1. The second-order valence-corrected chi connectivity index (χ2v) is 5.45. The number of aromatic nitrogens is 3. The zero-order valence-corrected chi connectivity index (χ0v) is 13.2. The van der Waals surface area contributed by atoms with Gasteiger partial charge in [0.25, 0.3) is 5.91 Å². The number of ether oxygens (including phenoxy) is 1. The van der Waals surface area contributed by atoms with Crippen molar-refractivity contribution in [3.8, 4) is 5.88 Å². The van der Waals surface area contributed by atoms with Crippen molar-refractivity contribution in [1.29, 1.82) is 0 Å². The summed E-state index contributed by atoms with van der Waals surface area (Å²) in [4.78, 5) is 35.8. The third-order valence-corrected chi connectivity index (χ3v) is 3.74. The third-order valence-electron chi connectivity index (χ3n) is 3.74. The van der Waals surface area contributed by atoms with Crippen LogP contribution in [0.1, 0.15) is 23.2 Å². The summed E-state index contributed by atoms with van der Waals surface area (Å²) < 4.78 is 5.56. The van der Waals surface area contributed by atoms with Crippen LogP contribution in [-0.4, -0.2) is 47.1 Å². The molecule has 0 spiro atoms. The maximum atomic E-state index is 11.9. The maximum Gasteiger partial charge on any atom is 0.252 e. The summed E-state index contributed by atoms with van der Waals surface area (Å²) in [6.07, 6.45) is 5.22.